The van der Waals surface area contributed by atoms with E-state index in [2.05, 4.69) is 27.4 Å². The largest absolute Gasteiger partial charge is 0.493 e. The zero-order chi connectivity index (χ0) is 29.2. The SMILES string of the molecule is COc1ccc2cc1OCCCCN(C(=O)Cn1nc(C)c3ccccc3c1=O)CC(=O)NC[C@H]1C[C@H]2N2CCC[C@@H]12. The molecule has 0 spiro atoms. The van der Waals surface area contributed by atoms with Crippen molar-refractivity contribution in [3.05, 3.63) is 64.1 Å². The fourth-order valence-corrected chi connectivity index (χ4v) is 6.94. The molecular weight excluding hydrogens is 534 g/mol. The topological polar surface area (TPSA) is 106 Å². The summed E-state index contributed by atoms with van der Waals surface area (Å²) in [7, 11) is 1.65. The molecule has 0 unspecified atom stereocenters. The highest BCUT2D eigenvalue weighted by molar-refractivity contribution is 5.86. The predicted octanol–water partition coefficient (Wildman–Crippen LogP) is 3.06. The lowest BCUT2D eigenvalue weighted by Crippen LogP contribution is -2.45. The maximum absolute atomic E-state index is 13.5. The summed E-state index contributed by atoms with van der Waals surface area (Å²) in [5, 5.41) is 8.83. The molecule has 0 saturated carbocycles. The van der Waals surface area contributed by atoms with Crippen LogP contribution in [-0.2, 0) is 16.1 Å². The average Bonchev–Trinajstić information content (AvgIpc) is 3.61. The van der Waals surface area contributed by atoms with Crippen LogP contribution < -0.4 is 20.3 Å². The second kappa shape index (κ2) is 12.1. The van der Waals surface area contributed by atoms with Crippen molar-refractivity contribution >= 4 is 22.6 Å². The Morgan fingerprint density at radius 3 is 2.76 bits per heavy atom. The molecule has 2 amide bonds. The number of nitrogens with zero attached hydrogens (tertiary/aromatic N) is 4. The van der Waals surface area contributed by atoms with E-state index in [1.807, 2.05) is 25.1 Å². The summed E-state index contributed by atoms with van der Waals surface area (Å²) < 4.78 is 13.0. The van der Waals surface area contributed by atoms with Crippen molar-refractivity contribution in [2.45, 2.75) is 57.7 Å². The Bertz CT molecular complexity index is 1540. The Balaban J connectivity index is 1.22. The number of benzene rings is 2. The third-order valence-electron chi connectivity index (χ3n) is 9.05. The van der Waals surface area contributed by atoms with Gasteiger partial charge in [0.2, 0.25) is 11.8 Å². The fourth-order valence-electron chi connectivity index (χ4n) is 6.94. The van der Waals surface area contributed by atoms with Crippen LogP contribution in [0.25, 0.3) is 10.8 Å². The molecule has 1 N–H and O–H groups in total. The van der Waals surface area contributed by atoms with Crippen LogP contribution in [0.15, 0.2) is 47.3 Å². The smallest absolute Gasteiger partial charge is 0.275 e. The summed E-state index contributed by atoms with van der Waals surface area (Å²) in [6, 6.07) is 14.2. The highest BCUT2D eigenvalue weighted by Gasteiger charge is 2.44. The first-order chi connectivity index (χ1) is 20.4. The Morgan fingerprint density at radius 2 is 1.93 bits per heavy atom. The third-order valence-corrected chi connectivity index (χ3v) is 9.05. The van der Waals surface area contributed by atoms with E-state index in [0.29, 0.717) is 61.3 Å². The van der Waals surface area contributed by atoms with Gasteiger partial charge in [-0.3, -0.25) is 19.3 Å². The Hall–Kier alpha value is -3.92. The van der Waals surface area contributed by atoms with Crippen molar-refractivity contribution in [2.75, 3.05) is 39.9 Å². The minimum absolute atomic E-state index is 0.0571. The lowest BCUT2D eigenvalue weighted by Gasteiger charge is -2.25. The maximum Gasteiger partial charge on any atom is 0.275 e. The normalized spacial score (nSPS) is 23.3. The molecule has 3 atom stereocenters. The van der Waals surface area contributed by atoms with Crippen LogP contribution in [0.4, 0.5) is 0 Å². The number of amides is 2. The van der Waals surface area contributed by atoms with Crippen molar-refractivity contribution in [3.8, 4) is 11.5 Å². The molecule has 3 aliphatic heterocycles. The van der Waals surface area contributed by atoms with Crippen LogP contribution in [0.2, 0.25) is 0 Å². The summed E-state index contributed by atoms with van der Waals surface area (Å²) in [5.41, 5.74) is 1.59. The van der Waals surface area contributed by atoms with E-state index in [1.54, 1.807) is 24.1 Å². The molecule has 0 radical (unpaired) electrons. The first-order valence-corrected chi connectivity index (χ1v) is 15.0. The van der Waals surface area contributed by atoms with Crippen LogP contribution in [0.1, 0.15) is 49.4 Å². The van der Waals surface area contributed by atoms with Crippen LogP contribution in [0.5, 0.6) is 11.5 Å². The van der Waals surface area contributed by atoms with Gasteiger partial charge >= 0.3 is 0 Å². The number of aryl methyl sites for hydroxylation is 1. The molecule has 4 bridgehead atoms. The van der Waals surface area contributed by atoms with E-state index in [-0.39, 0.29) is 36.5 Å². The monoisotopic (exact) mass is 573 g/mol. The zero-order valence-electron chi connectivity index (χ0n) is 24.4. The van der Waals surface area contributed by atoms with Crippen LogP contribution in [-0.4, -0.2) is 77.3 Å². The molecule has 2 aromatic carbocycles. The summed E-state index contributed by atoms with van der Waals surface area (Å²) in [4.78, 5) is 43.9. The molecule has 1 aromatic heterocycles. The van der Waals surface area contributed by atoms with E-state index in [9.17, 15) is 14.4 Å². The van der Waals surface area contributed by atoms with E-state index in [1.165, 1.54) is 10.2 Å². The van der Waals surface area contributed by atoms with Gasteiger partial charge in [-0.25, -0.2) is 4.68 Å². The van der Waals surface area contributed by atoms with Crippen molar-refractivity contribution in [1.29, 1.82) is 0 Å². The van der Waals surface area contributed by atoms with Gasteiger partial charge in [-0.1, -0.05) is 24.3 Å². The number of hydrogen-bond acceptors (Lipinski definition) is 7. The minimum Gasteiger partial charge on any atom is -0.493 e. The molecule has 2 saturated heterocycles. The number of ether oxygens (including phenoxy) is 2. The van der Waals surface area contributed by atoms with Gasteiger partial charge in [0.25, 0.3) is 5.56 Å². The van der Waals surface area contributed by atoms with Crippen molar-refractivity contribution < 1.29 is 19.1 Å². The van der Waals surface area contributed by atoms with Gasteiger partial charge in [-0.2, -0.15) is 5.10 Å². The highest BCUT2D eigenvalue weighted by atomic mass is 16.5. The number of carbonyl (C=O) groups excluding carboxylic acids is 2. The van der Waals surface area contributed by atoms with E-state index in [4.69, 9.17) is 9.47 Å². The molecule has 42 heavy (non-hydrogen) atoms. The van der Waals surface area contributed by atoms with Gasteiger partial charge in [0.15, 0.2) is 11.5 Å². The number of aromatic nitrogens is 2. The first kappa shape index (κ1) is 28.2. The standard InChI is InChI=1S/C32H39N5O5/c1-21-24-8-3-4-9-25(24)32(40)37(34-21)20-31(39)35-13-5-6-15-42-29-17-22(11-12-28(29)41-2)27-16-23(18-33-30(38)19-35)26-10-7-14-36(26)27/h3-4,8-9,11-12,17,23,26-27H,5-7,10,13-16,18-20H2,1-2H3,(H,33,38)/t23-,26+,27-/m1/s1. The average molecular weight is 574 g/mol. The van der Waals surface area contributed by atoms with Gasteiger partial charge < -0.3 is 19.7 Å². The predicted molar refractivity (Wildman–Crippen MR) is 159 cm³/mol. The first-order valence-electron chi connectivity index (χ1n) is 15.0. The van der Waals surface area contributed by atoms with E-state index < -0.39 is 0 Å². The lowest BCUT2D eigenvalue weighted by molar-refractivity contribution is -0.137. The lowest BCUT2D eigenvalue weighted by atomic mass is 9.94. The summed E-state index contributed by atoms with van der Waals surface area (Å²) >= 11 is 0. The van der Waals surface area contributed by atoms with Gasteiger partial charge in [0.05, 0.1) is 31.3 Å². The minimum atomic E-state index is -0.315. The fraction of sp³-hybridized carbons (Fsp3) is 0.500. The summed E-state index contributed by atoms with van der Waals surface area (Å²) in [6.45, 7) is 3.99. The molecule has 3 aliphatic rings. The van der Waals surface area contributed by atoms with Gasteiger partial charge in [-0.05, 0) is 75.3 Å². The third kappa shape index (κ3) is 5.60. The van der Waals surface area contributed by atoms with E-state index >= 15 is 0 Å². The molecule has 10 heteroatoms. The van der Waals surface area contributed by atoms with Crippen molar-refractivity contribution in [2.24, 2.45) is 5.92 Å². The van der Waals surface area contributed by atoms with Crippen LogP contribution >= 0.6 is 0 Å². The number of hydrogen-bond donors (Lipinski definition) is 1. The highest BCUT2D eigenvalue weighted by Crippen LogP contribution is 2.46. The molecule has 10 nitrogen and oxygen atoms in total. The molecular formula is C32H39N5O5. The summed E-state index contributed by atoms with van der Waals surface area (Å²) in [6.07, 6.45) is 4.55. The summed E-state index contributed by atoms with van der Waals surface area (Å²) in [5.74, 6) is 1.28. The Morgan fingerprint density at radius 1 is 1.10 bits per heavy atom. The molecule has 6 rings (SSSR count). The second-order valence-electron chi connectivity index (χ2n) is 11.6. The number of carbonyl (C=O) groups is 2. The van der Waals surface area contributed by atoms with Gasteiger partial charge in [-0.15, -0.1) is 0 Å². The Kier molecular flexibility index (Phi) is 8.15. The number of methoxy groups -OCH3 is 1. The molecule has 2 fully saturated rings. The number of nitrogens with one attached hydrogen (secondary N) is 1. The Labute approximate surface area is 245 Å². The molecule has 4 heterocycles. The quantitative estimate of drug-likeness (QED) is 0.514. The molecule has 3 aromatic rings. The van der Waals surface area contributed by atoms with Crippen molar-refractivity contribution in [3.63, 3.8) is 0 Å². The van der Waals surface area contributed by atoms with Crippen molar-refractivity contribution in [1.82, 2.24) is 24.9 Å². The molecule has 0 aliphatic carbocycles. The van der Waals surface area contributed by atoms with E-state index in [0.717, 1.165) is 36.9 Å². The van der Waals surface area contributed by atoms with Gasteiger partial charge in [0, 0.05) is 30.6 Å². The number of fused-ring (bicyclic) bond motifs is 9. The second-order valence-corrected chi connectivity index (χ2v) is 11.6. The van der Waals surface area contributed by atoms with Crippen LogP contribution in [0, 0.1) is 12.8 Å². The van der Waals surface area contributed by atoms with Crippen LogP contribution in [0.3, 0.4) is 0 Å². The van der Waals surface area contributed by atoms with Gasteiger partial charge in [0.1, 0.15) is 6.54 Å². The number of rotatable bonds is 3. The molecule has 222 valence electrons. The maximum atomic E-state index is 13.5. The zero-order valence-corrected chi connectivity index (χ0v) is 24.4.